The number of rotatable bonds is 4. The minimum Gasteiger partial charge on any atom is -0.299 e. The van der Waals surface area contributed by atoms with Crippen molar-refractivity contribution >= 4 is 21.7 Å². The van der Waals surface area contributed by atoms with E-state index >= 15 is 0 Å². The van der Waals surface area contributed by atoms with Gasteiger partial charge in [0.1, 0.15) is 5.78 Å². The summed E-state index contributed by atoms with van der Waals surface area (Å²) < 4.78 is 27.5. The third kappa shape index (κ3) is 4.37. The highest BCUT2D eigenvalue weighted by molar-refractivity contribution is 9.10. The second kappa shape index (κ2) is 6.12. The maximum absolute atomic E-state index is 13.3. The van der Waals surface area contributed by atoms with Gasteiger partial charge < -0.3 is 0 Å². The summed E-state index contributed by atoms with van der Waals surface area (Å²) in [4.78, 5) is 12.0. The molecule has 0 radical (unpaired) electrons. The molecule has 2 rings (SSSR count). The molecule has 19 heavy (non-hydrogen) atoms. The van der Waals surface area contributed by atoms with Gasteiger partial charge in [-0.3, -0.25) is 4.79 Å². The summed E-state index contributed by atoms with van der Waals surface area (Å²) in [5.74, 6) is -2.68. The topological polar surface area (TPSA) is 17.1 Å². The Labute approximate surface area is 120 Å². The summed E-state index contributed by atoms with van der Waals surface area (Å²) in [6, 6.07) is 7.54. The third-order valence-electron chi connectivity index (χ3n) is 3.60. The summed E-state index contributed by atoms with van der Waals surface area (Å²) >= 11 is 3.40. The van der Waals surface area contributed by atoms with Crippen molar-refractivity contribution < 1.29 is 13.6 Å². The molecule has 0 amide bonds. The van der Waals surface area contributed by atoms with Gasteiger partial charge in [0.25, 0.3) is 0 Å². The van der Waals surface area contributed by atoms with Crippen LogP contribution in [0.1, 0.15) is 37.7 Å². The number of alkyl halides is 2. The van der Waals surface area contributed by atoms with Gasteiger partial charge in [-0.05, 0) is 30.4 Å². The maximum Gasteiger partial charge on any atom is 0.248 e. The molecule has 4 heteroatoms. The molecule has 1 aliphatic carbocycles. The largest absolute Gasteiger partial charge is 0.299 e. The standard InChI is InChI=1S/C15H17BrF2O/c16-14-6-2-1-5-12(14)9-13(19)8-11-4-3-7-15(17,18)10-11/h1-2,5-6,11H,3-4,7-10H2. The highest BCUT2D eigenvalue weighted by Crippen LogP contribution is 2.38. The van der Waals surface area contributed by atoms with Crippen molar-refractivity contribution in [1.82, 2.24) is 0 Å². The second-order valence-corrected chi connectivity index (χ2v) is 6.18. The normalized spacial score (nSPS) is 22.2. The number of carbonyl (C=O) groups excluding carboxylic acids is 1. The van der Waals surface area contributed by atoms with Crippen molar-refractivity contribution in [1.29, 1.82) is 0 Å². The molecule has 1 nitrogen and oxygen atoms in total. The van der Waals surface area contributed by atoms with Gasteiger partial charge in [-0.25, -0.2) is 8.78 Å². The van der Waals surface area contributed by atoms with E-state index < -0.39 is 5.92 Å². The van der Waals surface area contributed by atoms with E-state index in [0.29, 0.717) is 12.8 Å². The van der Waals surface area contributed by atoms with E-state index in [1.807, 2.05) is 24.3 Å². The van der Waals surface area contributed by atoms with Crippen molar-refractivity contribution in [2.24, 2.45) is 5.92 Å². The van der Waals surface area contributed by atoms with Crippen LogP contribution in [-0.2, 0) is 11.2 Å². The van der Waals surface area contributed by atoms with Crippen molar-refractivity contribution in [3.05, 3.63) is 34.3 Å². The van der Waals surface area contributed by atoms with Crippen LogP contribution in [0.2, 0.25) is 0 Å². The highest BCUT2D eigenvalue weighted by atomic mass is 79.9. The van der Waals surface area contributed by atoms with Crippen LogP contribution in [-0.4, -0.2) is 11.7 Å². The smallest absolute Gasteiger partial charge is 0.248 e. The van der Waals surface area contributed by atoms with Crippen LogP contribution in [0.4, 0.5) is 8.78 Å². The van der Waals surface area contributed by atoms with E-state index in [0.717, 1.165) is 16.5 Å². The van der Waals surface area contributed by atoms with Crippen LogP contribution in [0.15, 0.2) is 28.7 Å². The molecule has 1 atom stereocenters. The van der Waals surface area contributed by atoms with Crippen molar-refractivity contribution in [3.63, 3.8) is 0 Å². The van der Waals surface area contributed by atoms with Gasteiger partial charge in [0.2, 0.25) is 5.92 Å². The molecule has 0 heterocycles. The fraction of sp³-hybridized carbons (Fsp3) is 0.533. The molecule has 1 unspecified atom stereocenters. The predicted molar refractivity (Wildman–Crippen MR) is 74.4 cm³/mol. The molecule has 0 N–H and O–H groups in total. The number of carbonyl (C=O) groups is 1. The summed E-state index contributed by atoms with van der Waals surface area (Å²) in [6.07, 6.45) is 1.72. The lowest BCUT2D eigenvalue weighted by atomic mass is 9.83. The van der Waals surface area contributed by atoms with Gasteiger partial charge in [-0.15, -0.1) is 0 Å². The molecule has 1 aromatic rings. The Kier molecular flexibility index (Phi) is 4.71. The number of halogens is 3. The van der Waals surface area contributed by atoms with E-state index in [4.69, 9.17) is 0 Å². The Morgan fingerprint density at radius 3 is 2.79 bits per heavy atom. The monoisotopic (exact) mass is 330 g/mol. The molecular formula is C15H17BrF2O. The lowest BCUT2D eigenvalue weighted by molar-refractivity contribution is -0.121. The average molecular weight is 331 g/mol. The highest BCUT2D eigenvalue weighted by Gasteiger charge is 2.36. The minimum atomic E-state index is -2.57. The number of benzene rings is 1. The number of hydrogen-bond donors (Lipinski definition) is 0. The Morgan fingerprint density at radius 2 is 2.11 bits per heavy atom. The van der Waals surface area contributed by atoms with E-state index in [-0.39, 0.29) is 31.0 Å². The first-order chi connectivity index (χ1) is 8.96. The van der Waals surface area contributed by atoms with E-state index in [1.54, 1.807) is 0 Å². The third-order valence-corrected chi connectivity index (χ3v) is 4.38. The molecular weight excluding hydrogens is 314 g/mol. The van der Waals surface area contributed by atoms with Crippen LogP contribution in [0.3, 0.4) is 0 Å². The van der Waals surface area contributed by atoms with Crippen LogP contribution in [0.5, 0.6) is 0 Å². The van der Waals surface area contributed by atoms with E-state index in [1.165, 1.54) is 0 Å². The Morgan fingerprint density at radius 1 is 1.37 bits per heavy atom. The fourth-order valence-electron chi connectivity index (χ4n) is 2.70. The molecule has 1 aliphatic rings. The minimum absolute atomic E-state index is 0.0259. The van der Waals surface area contributed by atoms with Gasteiger partial charge in [0, 0.05) is 30.2 Å². The Bertz CT molecular complexity index is 459. The summed E-state index contributed by atoms with van der Waals surface area (Å²) in [5.41, 5.74) is 0.926. The van der Waals surface area contributed by atoms with Crippen molar-refractivity contribution in [2.45, 2.75) is 44.4 Å². The Balaban J connectivity index is 1.90. The molecule has 0 spiro atoms. The van der Waals surface area contributed by atoms with Crippen molar-refractivity contribution in [3.8, 4) is 0 Å². The molecule has 0 bridgehead atoms. The second-order valence-electron chi connectivity index (χ2n) is 5.33. The van der Waals surface area contributed by atoms with E-state index in [2.05, 4.69) is 15.9 Å². The zero-order valence-electron chi connectivity index (χ0n) is 10.7. The lowest BCUT2D eigenvalue weighted by Gasteiger charge is -2.28. The quantitative estimate of drug-likeness (QED) is 0.776. The van der Waals surface area contributed by atoms with Crippen LogP contribution in [0, 0.1) is 5.92 Å². The molecule has 104 valence electrons. The average Bonchev–Trinajstić information content (AvgIpc) is 2.30. The molecule has 1 aromatic carbocycles. The predicted octanol–water partition coefficient (Wildman–Crippen LogP) is 4.78. The number of hydrogen-bond acceptors (Lipinski definition) is 1. The van der Waals surface area contributed by atoms with Crippen molar-refractivity contribution in [2.75, 3.05) is 0 Å². The van der Waals surface area contributed by atoms with Gasteiger partial charge in [-0.2, -0.15) is 0 Å². The fourth-order valence-corrected chi connectivity index (χ4v) is 3.12. The van der Waals surface area contributed by atoms with Gasteiger partial charge in [0.05, 0.1) is 0 Å². The van der Waals surface area contributed by atoms with Gasteiger partial charge >= 0.3 is 0 Å². The lowest BCUT2D eigenvalue weighted by Crippen LogP contribution is -2.27. The van der Waals surface area contributed by atoms with Gasteiger partial charge in [-0.1, -0.05) is 34.1 Å². The maximum atomic E-state index is 13.3. The van der Waals surface area contributed by atoms with Crippen LogP contribution in [0.25, 0.3) is 0 Å². The summed E-state index contributed by atoms with van der Waals surface area (Å²) in [5, 5.41) is 0. The zero-order valence-corrected chi connectivity index (χ0v) is 12.3. The SMILES string of the molecule is O=C(Cc1ccccc1Br)CC1CCCC(F)(F)C1. The first-order valence-electron chi connectivity index (χ1n) is 6.59. The molecule has 1 fully saturated rings. The molecule has 0 aromatic heterocycles. The first kappa shape index (κ1) is 14.6. The molecule has 1 saturated carbocycles. The van der Waals surface area contributed by atoms with Crippen LogP contribution < -0.4 is 0 Å². The van der Waals surface area contributed by atoms with Crippen LogP contribution >= 0.6 is 15.9 Å². The summed E-state index contributed by atoms with van der Waals surface area (Å²) in [7, 11) is 0. The molecule has 0 saturated heterocycles. The zero-order chi connectivity index (χ0) is 13.9. The first-order valence-corrected chi connectivity index (χ1v) is 7.38. The number of Topliss-reactive ketones (excluding diaryl/α,β-unsaturated/α-hetero) is 1. The number of ketones is 1. The Hall–Kier alpha value is -0.770. The molecule has 0 aliphatic heterocycles. The van der Waals surface area contributed by atoms with Gasteiger partial charge in [0.15, 0.2) is 0 Å². The summed E-state index contributed by atoms with van der Waals surface area (Å²) in [6.45, 7) is 0. The van der Waals surface area contributed by atoms with E-state index in [9.17, 15) is 13.6 Å².